The fraction of sp³-hybridized carbons (Fsp3) is 0.278. The van der Waals surface area contributed by atoms with Crippen LogP contribution in [-0.4, -0.2) is 12.4 Å². The van der Waals surface area contributed by atoms with E-state index in [1.165, 1.54) is 0 Å². The fourth-order valence-corrected chi connectivity index (χ4v) is 3.10. The van der Waals surface area contributed by atoms with Gasteiger partial charge in [0.2, 0.25) is 0 Å². The van der Waals surface area contributed by atoms with Crippen LogP contribution in [0, 0.1) is 20.8 Å². The van der Waals surface area contributed by atoms with Gasteiger partial charge in [-0.1, -0.05) is 48.0 Å². The van der Waals surface area contributed by atoms with Gasteiger partial charge < -0.3 is 0 Å². The predicted molar refractivity (Wildman–Crippen MR) is 89.1 cm³/mol. The number of rotatable bonds is 6. The van der Waals surface area contributed by atoms with Gasteiger partial charge in [0.25, 0.3) is 0 Å². The lowest BCUT2D eigenvalue weighted by Gasteiger charge is -2.17. The van der Waals surface area contributed by atoms with Crippen LogP contribution >= 0.6 is 8.69 Å². The van der Waals surface area contributed by atoms with E-state index in [2.05, 4.69) is 0 Å². The lowest BCUT2D eigenvalue weighted by atomic mass is 9.86. The highest BCUT2D eigenvalue weighted by Crippen LogP contribution is 2.27. The van der Waals surface area contributed by atoms with Gasteiger partial charge in [-0.25, -0.2) is 0 Å². The molecule has 0 aliphatic heterocycles. The van der Waals surface area contributed by atoms with Crippen molar-refractivity contribution in [1.29, 1.82) is 0 Å². The van der Waals surface area contributed by atoms with Gasteiger partial charge in [0.05, 0.1) is 5.92 Å². The van der Waals surface area contributed by atoms with E-state index in [4.69, 9.17) is 4.52 Å². The van der Waals surface area contributed by atoms with E-state index < -0.39 is 14.6 Å². The maximum absolute atomic E-state index is 13.0. The first-order valence-electron chi connectivity index (χ1n) is 7.20. The Labute approximate surface area is 132 Å². The molecule has 0 radical (unpaired) electrons. The zero-order valence-corrected chi connectivity index (χ0v) is 14.1. The third-order valence-corrected chi connectivity index (χ3v) is 4.04. The van der Waals surface area contributed by atoms with Crippen molar-refractivity contribution in [2.75, 3.05) is 6.61 Å². The molecule has 0 N–H and O–H groups in total. The van der Waals surface area contributed by atoms with E-state index in [1.807, 2.05) is 63.2 Å². The maximum atomic E-state index is 13.0. The second-order valence-electron chi connectivity index (χ2n) is 5.50. The van der Waals surface area contributed by atoms with Crippen molar-refractivity contribution in [1.82, 2.24) is 0 Å². The highest BCUT2D eigenvalue weighted by molar-refractivity contribution is 7.17. The molecule has 2 aromatic carbocycles. The molecule has 2 rings (SSSR count). The molecule has 0 bridgehead atoms. The number of carbonyl (C=O) groups excluding carboxylic acids is 1. The number of benzene rings is 2. The summed E-state index contributed by atoms with van der Waals surface area (Å²) >= 11 is 0. The third kappa shape index (κ3) is 3.68. The van der Waals surface area contributed by atoms with Crippen molar-refractivity contribution >= 4 is 14.5 Å². The van der Waals surface area contributed by atoms with E-state index in [-0.39, 0.29) is 12.4 Å². The van der Waals surface area contributed by atoms with Crippen LogP contribution < -0.4 is 0 Å². The molecular weight excluding hydrogens is 295 g/mol. The van der Waals surface area contributed by atoms with Crippen LogP contribution in [0.15, 0.2) is 42.5 Å². The van der Waals surface area contributed by atoms with Crippen LogP contribution in [0.5, 0.6) is 0 Å². The molecule has 22 heavy (non-hydrogen) atoms. The summed E-state index contributed by atoms with van der Waals surface area (Å²) in [6, 6.07) is 13.5. The molecule has 0 saturated heterocycles. The Hall–Kier alpha value is -1.83. The number of hydrogen-bond donors (Lipinski definition) is 0. The van der Waals surface area contributed by atoms with Gasteiger partial charge in [0, 0.05) is 5.56 Å². The average molecular weight is 315 g/mol. The van der Waals surface area contributed by atoms with Crippen molar-refractivity contribution in [3.63, 3.8) is 0 Å². The minimum absolute atomic E-state index is 0.0134. The molecule has 0 amide bonds. The molecule has 2 aromatic rings. The van der Waals surface area contributed by atoms with E-state index in [9.17, 15) is 9.36 Å². The quantitative estimate of drug-likeness (QED) is 0.581. The molecule has 114 valence electrons. The molecule has 2 atom stereocenters. The molecule has 2 unspecified atom stereocenters. The summed E-state index contributed by atoms with van der Waals surface area (Å²) in [5, 5.41) is 0. The van der Waals surface area contributed by atoms with Crippen LogP contribution in [0.3, 0.4) is 0 Å². The Morgan fingerprint density at radius 3 is 2.23 bits per heavy atom. The van der Waals surface area contributed by atoms with Gasteiger partial charge in [0.1, 0.15) is 6.61 Å². The number of ketones is 1. The Balaban J connectivity index is 2.44. The van der Waals surface area contributed by atoms with Gasteiger partial charge >= 0.3 is 8.69 Å². The minimum Gasteiger partial charge on any atom is -0.293 e. The molecule has 0 aliphatic carbocycles. The summed E-state index contributed by atoms with van der Waals surface area (Å²) in [5.74, 6) is -0.429. The summed E-state index contributed by atoms with van der Waals surface area (Å²) < 4.78 is 15.7. The zero-order valence-electron chi connectivity index (χ0n) is 13.1. The first kappa shape index (κ1) is 16.5. The third-order valence-electron chi connectivity index (χ3n) is 3.75. The number of carbonyl (C=O) groups is 1. The first-order valence-corrected chi connectivity index (χ1v) is 8.02. The molecule has 0 aromatic heterocycles. The van der Waals surface area contributed by atoms with Crippen LogP contribution in [0.4, 0.5) is 0 Å². The summed E-state index contributed by atoms with van der Waals surface area (Å²) in [4.78, 5) is 13.0. The fourth-order valence-electron chi connectivity index (χ4n) is 2.87. The maximum Gasteiger partial charge on any atom is 0.494 e. The smallest absolute Gasteiger partial charge is 0.293 e. The van der Waals surface area contributed by atoms with Gasteiger partial charge in [-0.3, -0.25) is 4.79 Å². The normalized spacial score (nSPS) is 12.3. The largest absolute Gasteiger partial charge is 0.494 e. The van der Waals surface area contributed by atoms with Crippen molar-refractivity contribution in [2.24, 2.45) is 0 Å². The minimum atomic E-state index is -0.864. The van der Waals surface area contributed by atoms with Crippen LogP contribution in [0.2, 0.25) is 0 Å². The summed E-state index contributed by atoms with van der Waals surface area (Å²) in [6.45, 7) is 6.04. The molecule has 0 fully saturated rings. The van der Waals surface area contributed by atoms with Gasteiger partial charge in [-0.05, 0) is 42.0 Å². The van der Waals surface area contributed by atoms with Crippen LogP contribution in [-0.2, 0) is 9.09 Å². The molecule has 3 nitrogen and oxygen atoms in total. The summed E-state index contributed by atoms with van der Waals surface area (Å²) in [6.07, 6.45) is 0. The summed E-state index contributed by atoms with van der Waals surface area (Å²) in [5.41, 5.74) is 4.68. The van der Waals surface area contributed by atoms with Crippen molar-refractivity contribution < 1.29 is 13.9 Å². The molecule has 4 heteroatoms. The van der Waals surface area contributed by atoms with Crippen molar-refractivity contribution in [3.8, 4) is 0 Å². The molecular formula is C18H20O3P+. The molecule has 0 heterocycles. The Morgan fingerprint density at radius 2 is 1.68 bits per heavy atom. The van der Waals surface area contributed by atoms with Crippen molar-refractivity contribution in [2.45, 2.75) is 26.7 Å². The summed E-state index contributed by atoms with van der Waals surface area (Å²) in [7, 11) is -0.864. The highest BCUT2D eigenvalue weighted by Gasteiger charge is 2.26. The first-order chi connectivity index (χ1) is 10.5. The van der Waals surface area contributed by atoms with Gasteiger partial charge in [-0.15, -0.1) is 4.52 Å². The lowest BCUT2D eigenvalue weighted by molar-refractivity contribution is 0.0933. The van der Waals surface area contributed by atoms with Crippen molar-refractivity contribution in [3.05, 3.63) is 70.3 Å². The van der Waals surface area contributed by atoms with Crippen LogP contribution in [0.1, 0.15) is 38.5 Å². The predicted octanol–water partition coefficient (Wildman–Crippen LogP) is 4.53. The average Bonchev–Trinajstić information content (AvgIpc) is 2.47. The molecule has 0 aliphatic rings. The molecule has 0 saturated carbocycles. The SMILES string of the molecule is Cc1cc(C)c(C(=O)C(CO[PH+]=O)c2ccccc2)c(C)c1. The van der Waals surface area contributed by atoms with Crippen LogP contribution in [0.25, 0.3) is 0 Å². The second-order valence-corrected chi connectivity index (χ2v) is 5.95. The van der Waals surface area contributed by atoms with Gasteiger partial charge in [-0.2, -0.15) is 0 Å². The number of aryl methyl sites for hydroxylation is 3. The number of hydrogen-bond acceptors (Lipinski definition) is 3. The monoisotopic (exact) mass is 315 g/mol. The topological polar surface area (TPSA) is 43.4 Å². The zero-order chi connectivity index (χ0) is 16.1. The Kier molecular flexibility index (Phi) is 5.59. The lowest BCUT2D eigenvalue weighted by Crippen LogP contribution is -2.19. The Morgan fingerprint density at radius 1 is 1.09 bits per heavy atom. The van der Waals surface area contributed by atoms with E-state index in [0.29, 0.717) is 0 Å². The van der Waals surface area contributed by atoms with E-state index in [1.54, 1.807) is 0 Å². The molecule has 0 spiro atoms. The van der Waals surface area contributed by atoms with E-state index in [0.717, 1.165) is 27.8 Å². The van der Waals surface area contributed by atoms with Gasteiger partial charge in [0.15, 0.2) is 5.78 Å². The Bertz CT molecular complexity index is 657. The second kappa shape index (κ2) is 7.44. The number of Topliss-reactive ketones (excluding diaryl/α,β-unsaturated/α-hetero) is 1. The van der Waals surface area contributed by atoms with E-state index >= 15 is 0 Å². The highest BCUT2D eigenvalue weighted by atomic mass is 31.1. The standard InChI is InChI=1S/C18H20O3P/c1-12-9-13(2)17(14(3)10-12)18(19)16(11-21-22-20)15-7-5-4-6-8-15/h4-10,16,22H,11H2,1-3H3/q+1.